The molecular weight excluding hydrogens is 268 g/mol. The van der Waals surface area contributed by atoms with Crippen LogP contribution >= 0.6 is 0 Å². The summed E-state index contributed by atoms with van der Waals surface area (Å²) in [4.78, 5) is 8.56. The van der Waals surface area contributed by atoms with Crippen molar-refractivity contribution in [1.82, 2.24) is 9.97 Å². The van der Waals surface area contributed by atoms with Crippen molar-refractivity contribution in [2.24, 2.45) is 0 Å². The van der Waals surface area contributed by atoms with Crippen LogP contribution < -0.4 is 0 Å². The van der Waals surface area contributed by atoms with Gasteiger partial charge in [-0.05, 0) is 41.0 Å². The minimum Gasteiger partial charge on any atom is -0.236 e. The van der Waals surface area contributed by atoms with E-state index in [0.29, 0.717) is 0 Å². The Labute approximate surface area is 128 Å². The minimum absolute atomic E-state index is 0.763. The molecule has 0 bridgehead atoms. The first-order chi connectivity index (χ1) is 10.9. The molecule has 0 fully saturated rings. The van der Waals surface area contributed by atoms with Crippen LogP contribution in [-0.4, -0.2) is 9.97 Å². The second-order valence-corrected chi connectivity index (χ2v) is 5.05. The van der Waals surface area contributed by atoms with E-state index < -0.39 is 0 Å². The summed E-state index contributed by atoms with van der Waals surface area (Å²) in [6.07, 6.45) is 1.56. The first kappa shape index (κ1) is 12.6. The highest BCUT2D eigenvalue weighted by atomic mass is 14.8. The van der Waals surface area contributed by atoms with Crippen LogP contribution in [0.4, 0.5) is 0 Å². The van der Waals surface area contributed by atoms with Gasteiger partial charge in [-0.15, -0.1) is 0 Å². The van der Waals surface area contributed by atoms with E-state index in [1.54, 1.807) is 6.33 Å². The molecule has 0 amide bonds. The molecule has 2 heteroatoms. The maximum Gasteiger partial charge on any atom is 0.124 e. The molecule has 0 N–H and O–H groups in total. The lowest BCUT2D eigenvalue weighted by molar-refractivity contribution is 1.20. The molecule has 0 radical (unpaired) electrons. The second-order valence-electron chi connectivity index (χ2n) is 5.05. The van der Waals surface area contributed by atoms with Gasteiger partial charge in [-0.3, -0.25) is 0 Å². The Bertz CT molecular complexity index is 1030. The fourth-order valence-corrected chi connectivity index (χ4v) is 2.50. The van der Waals surface area contributed by atoms with Gasteiger partial charge in [0.15, 0.2) is 0 Å². The van der Waals surface area contributed by atoms with E-state index in [2.05, 4.69) is 46.1 Å². The number of nitrogens with zero attached hydrogens (tertiary/aromatic N) is 2. The van der Waals surface area contributed by atoms with Crippen molar-refractivity contribution >= 4 is 21.7 Å². The van der Waals surface area contributed by atoms with Gasteiger partial charge in [-0.1, -0.05) is 48.4 Å². The van der Waals surface area contributed by atoms with Gasteiger partial charge in [0.25, 0.3) is 0 Å². The summed E-state index contributed by atoms with van der Waals surface area (Å²) < 4.78 is 0. The normalized spacial score (nSPS) is 10.4. The highest BCUT2D eigenvalue weighted by Gasteiger charge is 1.99. The Morgan fingerprint density at radius 1 is 0.682 bits per heavy atom. The van der Waals surface area contributed by atoms with Crippen molar-refractivity contribution in [2.75, 3.05) is 0 Å². The Balaban J connectivity index is 1.80. The van der Waals surface area contributed by atoms with E-state index >= 15 is 0 Å². The maximum absolute atomic E-state index is 4.30. The molecule has 1 heterocycles. The lowest BCUT2D eigenvalue weighted by Gasteiger charge is -1.98. The zero-order valence-corrected chi connectivity index (χ0v) is 11.8. The number of para-hydroxylation sites is 1. The average Bonchev–Trinajstić information content (AvgIpc) is 2.60. The van der Waals surface area contributed by atoms with Crippen LogP contribution in [0.3, 0.4) is 0 Å². The largest absolute Gasteiger partial charge is 0.236 e. The van der Waals surface area contributed by atoms with Gasteiger partial charge >= 0.3 is 0 Å². The lowest BCUT2D eigenvalue weighted by atomic mass is 10.1. The smallest absolute Gasteiger partial charge is 0.124 e. The first-order valence-electron chi connectivity index (χ1n) is 7.11. The van der Waals surface area contributed by atoms with Crippen LogP contribution in [0.2, 0.25) is 0 Å². The summed E-state index contributed by atoms with van der Waals surface area (Å²) in [5.74, 6) is 6.37. The van der Waals surface area contributed by atoms with E-state index in [4.69, 9.17) is 0 Å². The van der Waals surface area contributed by atoms with Gasteiger partial charge in [0.05, 0.1) is 5.52 Å². The molecule has 0 saturated carbocycles. The quantitative estimate of drug-likeness (QED) is 0.451. The molecule has 1 aromatic heterocycles. The molecule has 0 unspecified atom stereocenters. The third kappa shape index (κ3) is 2.30. The molecule has 22 heavy (non-hydrogen) atoms. The van der Waals surface area contributed by atoms with E-state index in [1.807, 2.05) is 42.5 Å². The molecule has 0 spiro atoms. The molecule has 0 aliphatic heterocycles. The van der Waals surface area contributed by atoms with E-state index in [-0.39, 0.29) is 0 Å². The SMILES string of the molecule is C(#Cc1ncnc2ccccc12)c1ccc2ccccc2c1. The van der Waals surface area contributed by atoms with Gasteiger partial charge in [-0.25, -0.2) is 9.97 Å². The number of rotatable bonds is 0. The predicted molar refractivity (Wildman–Crippen MR) is 89.5 cm³/mol. The molecule has 0 aliphatic carbocycles. The Morgan fingerprint density at radius 2 is 1.50 bits per heavy atom. The highest BCUT2D eigenvalue weighted by Crippen LogP contribution is 2.16. The topological polar surface area (TPSA) is 25.8 Å². The molecule has 3 aromatic carbocycles. The zero-order valence-electron chi connectivity index (χ0n) is 11.8. The number of fused-ring (bicyclic) bond motifs is 2. The summed E-state index contributed by atoms with van der Waals surface area (Å²) in [6, 6.07) is 22.4. The third-order valence-electron chi connectivity index (χ3n) is 3.62. The van der Waals surface area contributed by atoms with E-state index in [0.717, 1.165) is 22.2 Å². The van der Waals surface area contributed by atoms with Gasteiger partial charge < -0.3 is 0 Å². The Kier molecular flexibility index (Phi) is 3.03. The summed E-state index contributed by atoms with van der Waals surface area (Å²) in [7, 11) is 0. The van der Waals surface area contributed by atoms with E-state index in [9.17, 15) is 0 Å². The third-order valence-corrected chi connectivity index (χ3v) is 3.62. The molecule has 0 aliphatic rings. The maximum atomic E-state index is 4.30. The first-order valence-corrected chi connectivity index (χ1v) is 7.11. The zero-order chi connectivity index (χ0) is 14.8. The van der Waals surface area contributed by atoms with E-state index in [1.165, 1.54) is 10.8 Å². The summed E-state index contributed by atoms with van der Waals surface area (Å²) in [6.45, 7) is 0. The number of hydrogen-bond acceptors (Lipinski definition) is 2. The van der Waals surface area contributed by atoms with Crippen molar-refractivity contribution in [3.63, 3.8) is 0 Å². The van der Waals surface area contributed by atoms with Crippen LogP contribution in [0.15, 0.2) is 73.1 Å². The van der Waals surface area contributed by atoms with Crippen molar-refractivity contribution in [1.29, 1.82) is 0 Å². The average molecular weight is 280 g/mol. The summed E-state index contributed by atoms with van der Waals surface area (Å²) in [5.41, 5.74) is 2.67. The number of aromatic nitrogens is 2. The molecule has 4 rings (SSSR count). The Hall–Kier alpha value is -3.18. The molecular formula is C20H12N2. The molecule has 2 nitrogen and oxygen atoms in total. The van der Waals surface area contributed by atoms with Crippen LogP contribution in [0.5, 0.6) is 0 Å². The van der Waals surface area contributed by atoms with Crippen LogP contribution in [0.25, 0.3) is 21.7 Å². The molecule has 0 atom stereocenters. The van der Waals surface area contributed by atoms with Gasteiger partial charge in [0.2, 0.25) is 0 Å². The highest BCUT2D eigenvalue weighted by molar-refractivity contribution is 5.85. The number of hydrogen-bond donors (Lipinski definition) is 0. The molecule has 0 saturated heterocycles. The lowest BCUT2D eigenvalue weighted by Crippen LogP contribution is -1.88. The molecule has 4 aromatic rings. The Morgan fingerprint density at radius 3 is 2.45 bits per heavy atom. The standard InChI is InChI=1S/C20H12N2/c1-2-6-17-13-15(9-11-16(17)5-1)10-12-20-18-7-3-4-8-19(18)21-14-22-20/h1-9,11,13-14H. The fraction of sp³-hybridized carbons (Fsp3) is 0. The van der Waals surface area contributed by atoms with Crippen molar-refractivity contribution in [3.8, 4) is 11.8 Å². The summed E-state index contributed by atoms with van der Waals surface area (Å²) in [5, 5.41) is 3.40. The number of benzene rings is 3. The van der Waals surface area contributed by atoms with Crippen molar-refractivity contribution < 1.29 is 0 Å². The summed E-state index contributed by atoms with van der Waals surface area (Å²) >= 11 is 0. The second kappa shape index (κ2) is 5.31. The van der Waals surface area contributed by atoms with Gasteiger partial charge in [0.1, 0.15) is 12.0 Å². The van der Waals surface area contributed by atoms with Gasteiger partial charge in [-0.2, -0.15) is 0 Å². The van der Waals surface area contributed by atoms with Crippen LogP contribution in [0.1, 0.15) is 11.3 Å². The van der Waals surface area contributed by atoms with Crippen molar-refractivity contribution in [2.45, 2.75) is 0 Å². The van der Waals surface area contributed by atoms with Crippen LogP contribution in [-0.2, 0) is 0 Å². The fourth-order valence-electron chi connectivity index (χ4n) is 2.50. The van der Waals surface area contributed by atoms with Crippen LogP contribution in [0, 0.1) is 11.8 Å². The monoisotopic (exact) mass is 280 g/mol. The minimum atomic E-state index is 0.763. The van der Waals surface area contributed by atoms with Crippen molar-refractivity contribution in [3.05, 3.63) is 84.3 Å². The van der Waals surface area contributed by atoms with Gasteiger partial charge in [0, 0.05) is 10.9 Å². The molecule has 102 valence electrons. The predicted octanol–water partition coefficient (Wildman–Crippen LogP) is 4.18.